The Balaban J connectivity index is 2.23. The first-order valence-corrected chi connectivity index (χ1v) is 7.14. The van der Waals surface area contributed by atoms with Gasteiger partial charge in [0.05, 0.1) is 17.2 Å². The van der Waals surface area contributed by atoms with Gasteiger partial charge in [0.2, 0.25) is 11.8 Å². The molecule has 1 fully saturated rings. The molecule has 120 valence electrons. The Labute approximate surface area is 128 Å². The minimum Gasteiger partial charge on any atom is -0.369 e. The molecule has 1 atom stereocenters. The number of carbonyl (C=O) groups excluding carboxylic acids is 3. The van der Waals surface area contributed by atoms with Gasteiger partial charge in [-0.2, -0.15) is 5.10 Å². The number of hydrogen-bond acceptors (Lipinski definition) is 4. The predicted molar refractivity (Wildman–Crippen MR) is 78.8 cm³/mol. The third-order valence-electron chi connectivity index (χ3n) is 3.90. The highest BCUT2D eigenvalue weighted by atomic mass is 16.2. The summed E-state index contributed by atoms with van der Waals surface area (Å²) >= 11 is 0. The molecule has 1 aromatic heterocycles. The fourth-order valence-corrected chi connectivity index (χ4v) is 2.64. The molecule has 1 aliphatic heterocycles. The molecule has 22 heavy (non-hydrogen) atoms. The first-order valence-electron chi connectivity index (χ1n) is 7.14. The molecule has 0 saturated carbocycles. The molecule has 0 radical (unpaired) electrons. The Morgan fingerprint density at radius 1 is 1.23 bits per heavy atom. The van der Waals surface area contributed by atoms with Gasteiger partial charge in [-0.15, -0.1) is 0 Å². The highest BCUT2D eigenvalue weighted by Gasteiger charge is 2.31. The third kappa shape index (κ3) is 3.26. The Kier molecular flexibility index (Phi) is 4.48. The lowest BCUT2D eigenvalue weighted by molar-refractivity contribution is -0.130. The average molecular weight is 307 g/mol. The number of carbonyl (C=O) groups is 3. The van der Waals surface area contributed by atoms with Crippen molar-refractivity contribution < 1.29 is 14.4 Å². The molecule has 2 N–H and O–H groups in total. The molecule has 0 aromatic carbocycles. The van der Waals surface area contributed by atoms with Crippen LogP contribution in [0.15, 0.2) is 6.20 Å². The van der Waals surface area contributed by atoms with Crippen LogP contribution in [0.4, 0.5) is 0 Å². The number of hydrogen-bond donors (Lipinski definition) is 1. The Hall–Kier alpha value is -2.38. The smallest absolute Gasteiger partial charge is 0.257 e. The van der Waals surface area contributed by atoms with E-state index < -0.39 is 11.8 Å². The Morgan fingerprint density at radius 3 is 2.32 bits per heavy atom. The monoisotopic (exact) mass is 307 g/mol. The van der Waals surface area contributed by atoms with Crippen LogP contribution in [0.1, 0.15) is 23.0 Å². The standard InChI is InChI=1S/C14H21N5O3/c1-9-12(8-17(3)16-9)14(22)19-5-4-18(10(2)20)6-11(7-19)13(15)21/h8,11H,4-7H2,1-3H3,(H2,15,21)/t11-/m0/s1. The lowest BCUT2D eigenvalue weighted by atomic mass is 10.1. The summed E-state index contributed by atoms with van der Waals surface area (Å²) in [5.74, 6) is -1.39. The number of rotatable bonds is 2. The fourth-order valence-electron chi connectivity index (χ4n) is 2.64. The number of nitrogens with zero attached hydrogens (tertiary/aromatic N) is 4. The quantitative estimate of drug-likeness (QED) is 0.767. The van der Waals surface area contributed by atoms with Gasteiger partial charge in [0, 0.05) is 46.3 Å². The van der Waals surface area contributed by atoms with E-state index >= 15 is 0 Å². The number of nitrogens with two attached hydrogens (primary N) is 1. The number of primary amides is 1. The van der Waals surface area contributed by atoms with Crippen molar-refractivity contribution in [3.8, 4) is 0 Å². The second-order valence-electron chi connectivity index (χ2n) is 5.62. The zero-order chi connectivity index (χ0) is 16.4. The first-order chi connectivity index (χ1) is 10.3. The fraction of sp³-hybridized carbons (Fsp3) is 0.571. The predicted octanol–water partition coefficient (Wildman–Crippen LogP) is -0.866. The topological polar surface area (TPSA) is 102 Å². The van der Waals surface area contributed by atoms with Crippen LogP contribution in [0, 0.1) is 12.8 Å². The molecule has 0 aliphatic carbocycles. The molecule has 8 nitrogen and oxygen atoms in total. The van der Waals surface area contributed by atoms with Crippen molar-refractivity contribution in [2.45, 2.75) is 13.8 Å². The summed E-state index contributed by atoms with van der Waals surface area (Å²) in [5.41, 5.74) is 6.54. The van der Waals surface area contributed by atoms with Gasteiger partial charge in [0.15, 0.2) is 0 Å². The number of amides is 3. The van der Waals surface area contributed by atoms with E-state index in [1.54, 1.807) is 34.6 Å². The maximum absolute atomic E-state index is 12.6. The number of aryl methyl sites for hydroxylation is 2. The van der Waals surface area contributed by atoms with Crippen LogP contribution in [0.5, 0.6) is 0 Å². The Morgan fingerprint density at radius 2 is 1.82 bits per heavy atom. The molecule has 1 aliphatic rings. The highest BCUT2D eigenvalue weighted by Crippen LogP contribution is 2.15. The van der Waals surface area contributed by atoms with Crippen molar-refractivity contribution in [2.75, 3.05) is 26.2 Å². The summed E-state index contributed by atoms with van der Waals surface area (Å²) < 4.78 is 1.58. The zero-order valence-electron chi connectivity index (χ0n) is 13.1. The van der Waals surface area contributed by atoms with Gasteiger partial charge in [-0.1, -0.05) is 0 Å². The van der Waals surface area contributed by atoms with Crippen LogP contribution in [0.2, 0.25) is 0 Å². The average Bonchev–Trinajstić information content (AvgIpc) is 2.65. The van der Waals surface area contributed by atoms with Gasteiger partial charge in [0.1, 0.15) is 0 Å². The molecule has 1 saturated heterocycles. The molecular formula is C14H21N5O3. The summed E-state index contributed by atoms with van der Waals surface area (Å²) in [6.45, 7) is 4.44. The van der Waals surface area contributed by atoms with Crippen molar-refractivity contribution in [3.05, 3.63) is 17.5 Å². The maximum atomic E-state index is 12.6. The van der Waals surface area contributed by atoms with Crippen molar-refractivity contribution in [2.24, 2.45) is 18.7 Å². The molecule has 2 rings (SSSR count). The minimum absolute atomic E-state index is 0.127. The van der Waals surface area contributed by atoms with Gasteiger partial charge < -0.3 is 15.5 Å². The molecule has 3 amide bonds. The third-order valence-corrected chi connectivity index (χ3v) is 3.90. The highest BCUT2D eigenvalue weighted by molar-refractivity contribution is 5.95. The lowest BCUT2D eigenvalue weighted by Gasteiger charge is -2.22. The van der Waals surface area contributed by atoms with Gasteiger partial charge >= 0.3 is 0 Å². The molecular weight excluding hydrogens is 286 g/mol. The Bertz CT molecular complexity index is 610. The van der Waals surface area contributed by atoms with Crippen molar-refractivity contribution in [1.82, 2.24) is 19.6 Å². The molecule has 2 heterocycles. The lowest BCUT2D eigenvalue weighted by Crippen LogP contribution is -2.41. The molecule has 0 bridgehead atoms. The zero-order valence-corrected chi connectivity index (χ0v) is 13.1. The van der Waals surface area contributed by atoms with E-state index in [9.17, 15) is 14.4 Å². The van der Waals surface area contributed by atoms with E-state index in [0.717, 1.165) is 0 Å². The molecule has 8 heteroatoms. The summed E-state index contributed by atoms with van der Waals surface area (Å²) in [6.07, 6.45) is 1.66. The maximum Gasteiger partial charge on any atom is 0.257 e. The van der Waals surface area contributed by atoms with Gasteiger partial charge in [0.25, 0.3) is 5.91 Å². The molecule has 0 spiro atoms. The van der Waals surface area contributed by atoms with Gasteiger partial charge in [-0.05, 0) is 6.92 Å². The van der Waals surface area contributed by atoms with E-state index in [1.165, 1.54) is 6.92 Å². The van der Waals surface area contributed by atoms with E-state index in [1.807, 2.05) is 0 Å². The van der Waals surface area contributed by atoms with E-state index in [2.05, 4.69) is 5.10 Å². The second-order valence-corrected chi connectivity index (χ2v) is 5.62. The van der Waals surface area contributed by atoms with Crippen molar-refractivity contribution in [3.63, 3.8) is 0 Å². The van der Waals surface area contributed by atoms with Gasteiger partial charge in [-0.3, -0.25) is 19.1 Å². The van der Waals surface area contributed by atoms with Crippen LogP contribution in [0.25, 0.3) is 0 Å². The summed E-state index contributed by atoms with van der Waals surface area (Å²) in [6, 6.07) is 0. The normalized spacial score (nSPS) is 19.0. The van der Waals surface area contributed by atoms with Gasteiger partial charge in [-0.25, -0.2) is 0 Å². The largest absolute Gasteiger partial charge is 0.369 e. The minimum atomic E-state index is -0.563. The molecule has 0 unspecified atom stereocenters. The van der Waals surface area contributed by atoms with Crippen molar-refractivity contribution in [1.29, 1.82) is 0 Å². The molecule has 1 aromatic rings. The van der Waals surface area contributed by atoms with E-state index in [-0.39, 0.29) is 24.9 Å². The van der Waals surface area contributed by atoms with Crippen LogP contribution in [0.3, 0.4) is 0 Å². The second kappa shape index (κ2) is 6.17. The van der Waals surface area contributed by atoms with Crippen LogP contribution in [-0.2, 0) is 16.6 Å². The van der Waals surface area contributed by atoms with Crippen LogP contribution < -0.4 is 5.73 Å². The van der Waals surface area contributed by atoms with Crippen LogP contribution >= 0.6 is 0 Å². The number of aromatic nitrogens is 2. The van der Waals surface area contributed by atoms with E-state index in [4.69, 9.17) is 5.73 Å². The summed E-state index contributed by atoms with van der Waals surface area (Å²) in [7, 11) is 1.75. The van der Waals surface area contributed by atoms with Crippen LogP contribution in [-0.4, -0.2) is 63.5 Å². The summed E-state index contributed by atoms with van der Waals surface area (Å²) in [5, 5.41) is 4.16. The van der Waals surface area contributed by atoms with Crippen molar-refractivity contribution >= 4 is 17.7 Å². The van der Waals surface area contributed by atoms with E-state index in [0.29, 0.717) is 24.3 Å². The summed E-state index contributed by atoms with van der Waals surface area (Å²) in [4.78, 5) is 38.9. The SMILES string of the molecule is CC(=O)N1CCN(C(=O)c2cn(C)nc2C)C[C@@H](C(N)=O)C1. The first kappa shape index (κ1) is 16.0.